The van der Waals surface area contributed by atoms with Crippen LogP contribution in [0, 0.1) is 5.82 Å². The zero-order valence-corrected chi connectivity index (χ0v) is 26.0. The van der Waals surface area contributed by atoms with Crippen molar-refractivity contribution in [3.63, 3.8) is 0 Å². The van der Waals surface area contributed by atoms with Gasteiger partial charge in [0.1, 0.15) is 18.4 Å². The van der Waals surface area contributed by atoms with E-state index in [1.165, 1.54) is 23.1 Å². The lowest BCUT2D eigenvalue weighted by Crippen LogP contribution is -2.54. The minimum absolute atomic E-state index is 0.0198. The number of amides is 2. The molecule has 0 aliphatic carbocycles. The number of carbonyl (C=O) groups is 2. The molecule has 1 unspecified atom stereocenters. The second-order valence-corrected chi connectivity index (χ2v) is 12.7. The Morgan fingerprint density at radius 1 is 0.795 bits per heavy atom. The quantitative estimate of drug-likeness (QED) is 0.208. The topological polar surface area (TPSA) is 86.8 Å². The van der Waals surface area contributed by atoms with Gasteiger partial charge in [-0.25, -0.2) is 12.8 Å². The van der Waals surface area contributed by atoms with Crippen molar-refractivity contribution in [1.29, 1.82) is 0 Å². The second-order valence-electron chi connectivity index (χ2n) is 10.8. The summed E-state index contributed by atoms with van der Waals surface area (Å²) < 4.78 is 44.1. The van der Waals surface area contributed by atoms with Crippen molar-refractivity contribution >= 4 is 27.5 Å². The fourth-order valence-electron chi connectivity index (χ4n) is 4.89. The summed E-state index contributed by atoms with van der Waals surface area (Å²) in [5.41, 5.74) is 2.32. The van der Waals surface area contributed by atoms with E-state index in [9.17, 15) is 22.4 Å². The van der Waals surface area contributed by atoms with Crippen LogP contribution in [-0.2, 0) is 39.0 Å². The summed E-state index contributed by atoms with van der Waals surface area (Å²) in [4.78, 5) is 29.4. The molecule has 7 nitrogen and oxygen atoms in total. The highest BCUT2D eigenvalue weighted by molar-refractivity contribution is 7.92. The number of nitrogens with zero attached hydrogens (tertiary/aromatic N) is 2. The molecular formula is C35H38FN3O4S. The molecule has 4 aromatic carbocycles. The lowest BCUT2D eigenvalue weighted by molar-refractivity contribution is -0.140. The molecule has 0 aliphatic rings. The fourth-order valence-corrected chi connectivity index (χ4v) is 6.33. The lowest BCUT2D eigenvalue weighted by atomic mass is 10.0. The van der Waals surface area contributed by atoms with Crippen molar-refractivity contribution < 1.29 is 22.4 Å². The van der Waals surface area contributed by atoms with Crippen LogP contribution < -0.4 is 9.62 Å². The van der Waals surface area contributed by atoms with Crippen LogP contribution in [0.2, 0.25) is 0 Å². The maximum atomic E-state index is 15.0. The second kappa shape index (κ2) is 14.8. The Balaban J connectivity index is 1.81. The summed E-state index contributed by atoms with van der Waals surface area (Å²) in [6.45, 7) is 4.79. The highest BCUT2D eigenvalue weighted by Crippen LogP contribution is 2.26. The number of nitrogens with one attached hydrogen (secondary N) is 1. The maximum Gasteiger partial charge on any atom is 0.264 e. The average Bonchev–Trinajstić information content (AvgIpc) is 3.03. The highest BCUT2D eigenvalue weighted by Gasteiger charge is 2.35. The van der Waals surface area contributed by atoms with Gasteiger partial charge < -0.3 is 10.2 Å². The number of hydrogen-bond acceptors (Lipinski definition) is 4. The van der Waals surface area contributed by atoms with Gasteiger partial charge in [-0.15, -0.1) is 0 Å². The van der Waals surface area contributed by atoms with Crippen molar-refractivity contribution in [3.8, 4) is 0 Å². The standard InChI is InChI=1S/C35H38FN3O4S/c1-4-27-19-21-30(22-20-27)39(44(42,43)31-16-9-6-10-17-31)25-34(40)38(24-29-15-11-12-18-32(29)36)33(35(41)37-26(2)3)23-28-13-7-5-8-14-28/h5-22,26,33H,4,23-25H2,1-3H3,(H,37,41). The highest BCUT2D eigenvalue weighted by atomic mass is 32.2. The van der Waals surface area contributed by atoms with Gasteiger partial charge in [-0.05, 0) is 61.7 Å². The molecule has 0 aliphatic heterocycles. The van der Waals surface area contributed by atoms with Gasteiger partial charge in [-0.1, -0.05) is 85.8 Å². The van der Waals surface area contributed by atoms with Gasteiger partial charge in [0.2, 0.25) is 11.8 Å². The first-order chi connectivity index (χ1) is 21.1. The Labute approximate surface area is 259 Å². The molecule has 4 rings (SSSR count). The summed E-state index contributed by atoms with van der Waals surface area (Å²) in [5, 5.41) is 2.89. The molecule has 1 atom stereocenters. The molecule has 4 aromatic rings. The largest absolute Gasteiger partial charge is 0.352 e. The van der Waals surface area contributed by atoms with E-state index in [1.807, 2.05) is 63.2 Å². The molecule has 44 heavy (non-hydrogen) atoms. The summed E-state index contributed by atoms with van der Waals surface area (Å²) in [7, 11) is -4.20. The van der Waals surface area contributed by atoms with E-state index in [-0.39, 0.29) is 29.5 Å². The molecule has 9 heteroatoms. The van der Waals surface area contributed by atoms with E-state index < -0.39 is 40.2 Å². The van der Waals surface area contributed by atoms with E-state index >= 15 is 0 Å². The van der Waals surface area contributed by atoms with Crippen LogP contribution in [0.1, 0.15) is 37.5 Å². The van der Waals surface area contributed by atoms with E-state index in [4.69, 9.17) is 0 Å². The Hall–Kier alpha value is -4.50. The van der Waals surface area contributed by atoms with Crippen LogP contribution in [-0.4, -0.2) is 43.8 Å². The Bertz CT molecular complexity index is 1650. The Morgan fingerprint density at radius 3 is 1.98 bits per heavy atom. The van der Waals surface area contributed by atoms with Gasteiger partial charge in [0.05, 0.1) is 10.6 Å². The number of anilines is 1. The first kappa shape index (κ1) is 32.4. The number of sulfonamides is 1. The monoisotopic (exact) mass is 615 g/mol. The number of hydrogen-bond donors (Lipinski definition) is 1. The molecule has 2 amide bonds. The smallest absolute Gasteiger partial charge is 0.264 e. The van der Waals surface area contributed by atoms with Gasteiger partial charge in [0.25, 0.3) is 10.0 Å². The summed E-state index contributed by atoms with van der Waals surface area (Å²) in [6.07, 6.45) is 0.906. The van der Waals surface area contributed by atoms with E-state index in [1.54, 1.807) is 48.5 Å². The third-order valence-electron chi connectivity index (χ3n) is 7.24. The molecule has 0 bridgehead atoms. The Kier molecular flexibility index (Phi) is 10.9. The molecule has 0 saturated carbocycles. The van der Waals surface area contributed by atoms with Crippen molar-refractivity contribution in [3.05, 3.63) is 132 Å². The fraction of sp³-hybridized carbons (Fsp3) is 0.257. The first-order valence-corrected chi connectivity index (χ1v) is 16.1. The molecule has 1 N–H and O–H groups in total. The predicted molar refractivity (Wildman–Crippen MR) is 171 cm³/mol. The van der Waals surface area contributed by atoms with E-state index in [2.05, 4.69) is 5.32 Å². The van der Waals surface area contributed by atoms with Gasteiger partial charge in [0.15, 0.2) is 0 Å². The van der Waals surface area contributed by atoms with Gasteiger partial charge >= 0.3 is 0 Å². The first-order valence-electron chi connectivity index (χ1n) is 14.6. The third kappa shape index (κ3) is 8.11. The summed E-state index contributed by atoms with van der Waals surface area (Å²) in [5.74, 6) is -1.59. The van der Waals surface area contributed by atoms with Crippen LogP contribution >= 0.6 is 0 Å². The van der Waals surface area contributed by atoms with Crippen molar-refractivity contribution in [2.24, 2.45) is 0 Å². The van der Waals surface area contributed by atoms with E-state index in [0.717, 1.165) is 21.9 Å². The Morgan fingerprint density at radius 2 is 1.39 bits per heavy atom. The van der Waals surface area contributed by atoms with Crippen LogP contribution in [0.4, 0.5) is 10.1 Å². The summed E-state index contributed by atoms with van der Waals surface area (Å²) in [6, 6.07) is 28.9. The minimum Gasteiger partial charge on any atom is -0.352 e. The molecule has 230 valence electrons. The molecular weight excluding hydrogens is 577 g/mol. The van der Waals surface area contributed by atoms with Crippen molar-refractivity contribution in [2.75, 3.05) is 10.8 Å². The SMILES string of the molecule is CCc1ccc(N(CC(=O)N(Cc2ccccc2F)C(Cc2ccccc2)C(=O)NC(C)C)S(=O)(=O)c2ccccc2)cc1. The van der Waals surface area contributed by atoms with Gasteiger partial charge in [-0.3, -0.25) is 13.9 Å². The molecule has 0 spiro atoms. The third-order valence-corrected chi connectivity index (χ3v) is 9.03. The summed E-state index contributed by atoms with van der Waals surface area (Å²) >= 11 is 0. The number of benzene rings is 4. The van der Waals surface area contributed by atoms with E-state index in [0.29, 0.717) is 5.69 Å². The molecule has 0 fully saturated rings. The zero-order chi connectivity index (χ0) is 31.7. The van der Waals surface area contributed by atoms with Crippen LogP contribution in [0.25, 0.3) is 0 Å². The van der Waals surface area contributed by atoms with Crippen LogP contribution in [0.15, 0.2) is 114 Å². The van der Waals surface area contributed by atoms with Crippen LogP contribution in [0.5, 0.6) is 0 Å². The number of rotatable bonds is 13. The van der Waals surface area contributed by atoms with Crippen molar-refractivity contribution in [2.45, 2.75) is 57.1 Å². The minimum atomic E-state index is -4.20. The maximum absolute atomic E-state index is 15.0. The number of halogens is 1. The lowest BCUT2D eigenvalue weighted by Gasteiger charge is -2.34. The normalized spacial score (nSPS) is 12.0. The molecule has 0 heterocycles. The zero-order valence-electron chi connectivity index (χ0n) is 25.2. The predicted octanol–water partition coefficient (Wildman–Crippen LogP) is 5.75. The molecule has 0 saturated heterocycles. The molecule has 0 aromatic heterocycles. The average molecular weight is 616 g/mol. The number of carbonyl (C=O) groups excluding carboxylic acids is 2. The molecule has 0 radical (unpaired) electrons. The van der Waals surface area contributed by atoms with Crippen LogP contribution in [0.3, 0.4) is 0 Å². The van der Waals surface area contributed by atoms with Gasteiger partial charge in [-0.2, -0.15) is 0 Å². The number of aryl methyl sites for hydroxylation is 1. The van der Waals surface area contributed by atoms with Gasteiger partial charge in [0, 0.05) is 24.6 Å². The van der Waals surface area contributed by atoms with Crippen molar-refractivity contribution in [1.82, 2.24) is 10.2 Å².